The zero-order chi connectivity index (χ0) is 15.0. The second kappa shape index (κ2) is 5.90. The van der Waals surface area contributed by atoms with Gasteiger partial charge in [-0.15, -0.1) is 0 Å². The van der Waals surface area contributed by atoms with Crippen LogP contribution in [0.1, 0.15) is 33.4 Å². The number of rotatable bonds is 2. The van der Waals surface area contributed by atoms with E-state index >= 15 is 0 Å². The Labute approximate surface area is 131 Å². The van der Waals surface area contributed by atoms with Gasteiger partial charge < -0.3 is 0 Å². The van der Waals surface area contributed by atoms with Crippen LogP contribution in [-0.2, 0) is 0 Å². The van der Waals surface area contributed by atoms with Gasteiger partial charge in [-0.3, -0.25) is 0 Å². The molecule has 0 aliphatic heterocycles. The Bertz CT molecular complexity index is 593. The molecule has 0 saturated heterocycles. The Morgan fingerprint density at radius 1 is 0.600 bits per heavy atom. The Kier molecular flexibility index (Phi) is 4.60. The van der Waals surface area contributed by atoms with Gasteiger partial charge in [0, 0.05) is 0 Å². The Balaban J connectivity index is 2.64. The van der Waals surface area contributed by atoms with Crippen LogP contribution in [0.3, 0.4) is 0 Å². The fourth-order valence-electron chi connectivity index (χ4n) is 3.27. The summed E-state index contributed by atoms with van der Waals surface area (Å²) in [6.45, 7) is 12.7. The summed E-state index contributed by atoms with van der Waals surface area (Å²) in [5.41, 5.74) is 8.57. The van der Waals surface area contributed by atoms with Gasteiger partial charge in [0.25, 0.3) is 0 Å². The van der Waals surface area contributed by atoms with E-state index in [-0.39, 0.29) is 0 Å². The zero-order valence-electron chi connectivity index (χ0n) is 13.3. The summed E-state index contributed by atoms with van der Waals surface area (Å²) in [5, 5.41) is 3.19. The van der Waals surface area contributed by atoms with Gasteiger partial charge in [0.1, 0.15) is 0 Å². The summed E-state index contributed by atoms with van der Waals surface area (Å²) >= 11 is 2.44. The third-order valence-corrected chi connectivity index (χ3v) is 9.58. The van der Waals surface area contributed by atoms with Crippen LogP contribution in [0.2, 0.25) is 0 Å². The summed E-state index contributed by atoms with van der Waals surface area (Å²) in [5.74, 6) is 0. The van der Waals surface area contributed by atoms with Crippen LogP contribution < -0.4 is 10.4 Å². The monoisotopic (exact) mass is 340 g/mol. The standard InChI is InChI=1S/C18H22GeSi/c1-11-7-13(3)17(14(4)8-11)20(19)18-15(5)9-12(2)10-16(18)6/h7-10H,1-6H3. The molecule has 0 heterocycles. The molecule has 0 fully saturated rings. The molecule has 0 amide bonds. The van der Waals surface area contributed by atoms with Crippen molar-refractivity contribution in [3.8, 4) is 0 Å². The summed E-state index contributed by atoms with van der Waals surface area (Å²) in [7, 11) is 0. The normalized spacial score (nSPS) is 10.7. The van der Waals surface area contributed by atoms with E-state index in [1.54, 1.807) is 10.4 Å². The fraction of sp³-hybridized carbons (Fsp3) is 0.333. The average Bonchev–Trinajstić information content (AvgIpc) is 2.25. The van der Waals surface area contributed by atoms with E-state index in [0.29, 0.717) is 0 Å². The van der Waals surface area contributed by atoms with Crippen molar-refractivity contribution >= 4 is 32.6 Å². The van der Waals surface area contributed by atoms with Gasteiger partial charge in [0.2, 0.25) is 0 Å². The van der Waals surface area contributed by atoms with Crippen LogP contribution in [0.5, 0.6) is 0 Å². The number of benzene rings is 2. The van der Waals surface area contributed by atoms with Crippen molar-refractivity contribution in [2.45, 2.75) is 41.5 Å². The van der Waals surface area contributed by atoms with Crippen molar-refractivity contribution in [2.75, 3.05) is 0 Å². The number of hydrogen-bond acceptors (Lipinski definition) is 0. The predicted octanol–water partition coefficient (Wildman–Crippen LogP) is 2.81. The van der Waals surface area contributed by atoms with Crippen molar-refractivity contribution in [1.29, 1.82) is 0 Å². The fourth-order valence-corrected chi connectivity index (χ4v) is 10.4. The molecule has 0 saturated carbocycles. The van der Waals surface area contributed by atoms with E-state index in [1.807, 2.05) is 0 Å². The second-order valence-corrected chi connectivity index (χ2v) is 10.8. The molecule has 2 rings (SSSR count). The molecular weight excluding hydrogens is 317 g/mol. The molecule has 0 atom stereocenters. The summed E-state index contributed by atoms with van der Waals surface area (Å²) in [6.07, 6.45) is 0. The molecule has 102 valence electrons. The van der Waals surface area contributed by atoms with Crippen LogP contribution >= 0.6 is 0 Å². The first-order valence-electron chi connectivity index (χ1n) is 7.06. The molecular formula is C18H22GeSi. The number of hydrogen-bond donors (Lipinski definition) is 0. The third kappa shape index (κ3) is 2.94. The van der Waals surface area contributed by atoms with Gasteiger partial charge in [0.05, 0.1) is 0 Å². The van der Waals surface area contributed by atoms with E-state index in [0.717, 1.165) is 0 Å². The molecule has 0 aliphatic rings. The minimum atomic E-state index is -0.698. The molecule has 2 aromatic rings. The molecule has 0 aromatic heterocycles. The Hall–Kier alpha value is -0.800. The van der Waals surface area contributed by atoms with E-state index < -0.39 is 6.86 Å². The van der Waals surface area contributed by atoms with Crippen LogP contribution in [-0.4, -0.2) is 22.2 Å². The summed E-state index contributed by atoms with van der Waals surface area (Å²) in [4.78, 5) is 0. The van der Waals surface area contributed by atoms with Crippen molar-refractivity contribution in [3.63, 3.8) is 0 Å². The van der Waals surface area contributed by atoms with Gasteiger partial charge in [-0.05, 0) is 0 Å². The first-order chi connectivity index (χ1) is 9.31. The summed E-state index contributed by atoms with van der Waals surface area (Å²) in [6, 6.07) is 9.31. The zero-order valence-corrected chi connectivity index (χ0v) is 16.4. The van der Waals surface area contributed by atoms with E-state index in [9.17, 15) is 0 Å². The third-order valence-electron chi connectivity index (χ3n) is 3.85. The molecule has 20 heavy (non-hydrogen) atoms. The van der Waals surface area contributed by atoms with Crippen molar-refractivity contribution in [3.05, 3.63) is 57.6 Å². The molecule has 0 aliphatic carbocycles. The van der Waals surface area contributed by atoms with E-state index in [2.05, 4.69) is 81.2 Å². The maximum atomic E-state index is 2.44. The Morgan fingerprint density at radius 3 is 1.10 bits per heavy atom. The van der Waals surface area contributed by atoms with Gasteiger partial charge >= 0.3 is 132 Å². The molecule has 0 N–H and O–H groups in total. The van der Waals surface area contributed by atoms with Crippen molar-refractivity contribution < 1.29 is 0 Å². The molecule has 0 spiro atoms. The topological polar surface area (TPSA) is 0 Å². The van der Waals surface area contributed by atoms with Crippen LogP contribution in [0.4, 0.5) is 0 Å². The summed E-state index contributed by atoms with van der Waals surface area (Å²) < 4.78 is 0. The minimum absolute atomic E-state index is 0.698. The SMILES string of the molecule is Cc1cc(C)c([Si](=[Ge])c2c(C)cc(C)cc2C)c(C)c1. The van der Waals surface area contributed by atoms with Crippen LogP contribution in [0.25, 0.3) is 0 Å². The van der Waals surface area contributed by atoms with Crippen LogP contribution in [0, 0.1) is 41.5 Å². The van der Waals surface area contributed by atoms with Crippen molar-refractivity contribution in [2.24, 2.45) is 0 Å². The number of aryl methyl sites for hydroxylation is 6. The molecule has 0 nitrogen and oxygen atoms in total. The predicted molar refractivity (Wildman–Crippen MR) is 92.1 cm³/mol. The molecule has 0 unspecified atom stereocenters. The Morgan fingerprint density at radius 2 is 0.850 bits per heavy atom. The molecule has 2 aromatic carbocycles. The molecule has 0 bridgehead atoms. The first kappa shape index (κ1) is 15.6. The molecule has 2 radical (unpaired) electrons. The van der Waals surface area contributed by atoms with Gasteiger partial charge in [0.15, 0.2) is 0 Å². The van der Waals surface area contributed by atoms with E-state index in [4.69, 9.17) is 0 Å². The van der Waals surface area contributed by atoms with Gasteiger partial charge in [-0.2, -0.15) is 0 Å². The first-order valence-corrected chi connectivity index (χ1v) is 11.7. The quantitative estimate of drug-likeness (QED) is 0.739. The second-order valence-electron chi connectivity index (χ2n) is 5.92. The van der Waals surface area contributed by atoms with Gasteiger partial charge in [-0.1, -0.05) is 0 Å². The van der Waals surface area contributed by atoms with Gasteiger partial charge in [-0.25, -0.2) is 0 Å². The van der Waals surface area contributed by atoms with Crippen LogP contribution in [0.15, 0.2) is 24.3 Å². The molecule has 2 heteroatoms. The van der Waals surface area contributed by atoms with Crippen molar-refractivity contribution in [1.82, 2.24) is 0 Å². The maximum absolute atomic E-state index is 2.44. The average molecular weight is 339 g/mol. The van der Waals surface area contributed by atoms with E-state index in [1.165, 1.54) is 33.4 Å².